The standard InChI is InChI=1S/C24H22.H2S/c1-19-7-3-5-9-23(19)17-15-21-11-13-22(14-12-21)16-18-24-10-6-4-8-20(24)2;/h3-18H,1-2H3;1H2/i/hTD. The van der Waals surface area contributed by atoms with Gasteiger partial charge in [-0.15, -0.1) is 0 Å². The van der Waals surface area contributed by atoms with E-state index in [0.717, 1.165) is 0 Å². The van der Waals surface area contributed by atoms with Crippen LogP contribution in [-0.4, -0.2) is 2.25 Å². The molecule has 0 radical (unpaired) electrons. The van der Waals surface area contributed by atoms with Crippen molar-refractivity contribution in [1.29, 1.82) is 2.25 Å². The normalized spacial score (nSPS) is 11.8. The third-order valence-electron chi connectivity index (χ3n) is 4.22. The molecule has 0 aliphatic rings. The van der Waals surface area contributed by atoms with Crippen molar-refractivity contribution in [2.75, 3.05) is 0 Å². The Labute approximate surface area is 160 Å². The van der Waals surface area contributed by atoms with Crippen molar-refractivity contribution in [3.63, 3.8) is 0 Å². The lowest BCUT2D eigenvalue weighted by molar-refractivity contribution is 1.44. The summed E-state index contributed by atoms with van der Waals surface area (Å²) in [7, 11) is 0. The van der Waals surface area contributed by atoms with Crippen LogP contribution in [0.25, 0.3) is 24.3 Å². The van der Waals surface area contributed by atoms with Gasteiger partial charge in [-0.2, -0.15) is 13.3 Å². The van der Waals surface area contributed by atoms with Crippen LogP contribution in [0.5, 0.6) is 0 Å². The molecule has 25 heavy (non-hydrogen) atoms. The predicted molar refractivity (Wildman–Crippen MR) is 117 cm³/mol. The molecule has 3 rings (SSSR count). The van der Waals surface area contributed by atoms with Gasteiger partial charge in [0, 0.05) is 0 Å². The van der Waals surface area contributed by atoms with Gasteiger partial charge in [0.15, 0.2) is 0 Å². The van der Waals surface area contributed by atoms with Gasteiger partial charge >= 0.3 is 0 Å². The van der Waals surface area contributed by atoms with Crippen molar-refractivity contribution in [2.24, 2.45) is 0 Å². The van der Waals surface area contributed by atoms with Crippen LogP contribution in [0.1, 0.15) is 33.4 Å². The molecular formula is C24H24S. The van der Waals surface area contributed by atoms with Gasteiger partial charge in [0.25, 0.3) is 0 Å². The van der Waals surface area contributed by atoms with E-state index in [1.165, 1.54) is 33.4 Å². The van der Waals surface area contributed by atoms with Gasteiger partial charge in [-0.1, -0.05) is 97.1 Å². The average molecular weight is 348 g/mol. The lowest BCUT2D eigenvalue weighted by atomic mass is 10.0. The van der Waals surface area contributed by atoms with Gasteiger partial charge in [-0.05, 0) is 47.2 Å². The molecule has 0 nitrogen and oxygen atoms in total. The fraction of sp³-hybridized carbons (Fsp3) is 0.0833. The second-order valence-corrected chi connectivity index (χ2v) is 6.05. The average Bonchev–Trinajstić information content (AvgIpc) is 2.68. The van der Waals surface area contributed by atoms with Crippen molar-refractivity contribution < 1.29 is 0 Å². The summed E-state index contributed by atoms with van der Waals surface area (Å²) in [6, 6.07) is 25.5. The Morgan fingerprint density at radius 3 is 1.40 bits per heavy atom. The smallest absolute Gasteiger partial charge is 0.0985 e. The summed E-state index contributed by atoms with van der Waals surface area (Å²) in [5, 5.41) is 0. The molecule has 0 spiro atoms. The summed E-state index contributed by atoms with van der Waals surface area (Å²) in [6.07, 6.45) is 8.68. The zero-order valence-corrected chi connectivity index (χ0v) is 15.5. The van der Waals surface area contributed by atoms with E-state index in [1.54, 1.807) is 0 Å². The van der Waals surface area contributed by atoms with E-state index in [-0.39, 0.29) is 13.3 Å². The largest absolute Gasteiger partial charge is 0.197 e. The van der Waals surface area contributed by atoms with Crippen molar-refractivity contribution in [3.05, 3.63) is 106 Å². The molecule has 1 heteroatoms. The topological polar surface area (TPSA) is 0 Å². The zero-order valence-electron chi connectivity index (χ0n) is 16.6. The summed E-state index contributed by atoms with van der Waals surface area (Å²) in [4.78, 5) is 0. The van der Waals surface area contributed by atoms with E-state index in [4.69, 9.17) is 2.25 Å². The molecule has 0 bridgehead atoms. The molecule has 3 aromatic rings. The second-order valence-electron chi connectivity index (χ2n) is 6.05. The Morgan fingerprint density at radius 1 is 0.680 bits per heavy atom. The van der Waals surface area contributed by atoms with Crippen LogP contribution >= 0.6 is 13.3 Å². The molecule has 0 amide bonds. The third-order valence-corrected chi connectivity index (χ3v) is 4.22. The third kappa shape index (κ3) is 5.23. The maximum absolute atomic E-state index is 5.79. The van der Waals surface area contributed by atoms with Crippen LogP contribution < -0.4 is 0 Å². The van der Waals surface area contributed by atoms with Crippen LogP contribution in [0.2, 0.25) is 0 Å². The van der Waals surface area contributed by atoms with Gasteiger partial charge in [-0.25, -0.2) is 0 Å². The molecule has 0 fully saturated rings. The minimum absolute atomic E-state index is 0.250. The summed E-state index contributed by atoms with van der Waals surface area (Å²) in [5.41, 5.74) is 7.55. The van der Waals surface area contributed by atoms with Crippen LogP contribution in [0.4, 0.5) is 0 Å². The first kappa shape index (κ1) is 16.0. The molecular weight excluding hydrogens is 320 g/mol. The number of benzene rings is 3. The maximum Gasteiger partial charge on any atom is 0.0985 e. The zero-order chi connectivity index (χ0) is 19.5. The van der Waals surface area contributed by atoms with E-state index < -0.39 is 0 Å². The highest BCUT2D eigenvalue weighted by molar-refractivity contribution is 7.59. The molecule has 0 aliphatic carbocycles. The van der Waals surface area contributed by atoms with E-state index in [9.17, 15) is 0 Å². The molecule has 0 aromatic heterocycles. The predicted octanol–water partition coefficient (Wildman–Crippen LogP) is 6.76. The Bertz CT molecular complexity index is 822. The monoisotopic (exact) mass is 347 g/mol. The van der Waals surface area contributed by atoms with E-state index in [0.29, 0.717) is 0 Å². The highest BCUT2D eigenvalue weighted by Crippen LogP contribution is 2.15. The SMILES string of the molecule is Cc1ccccc1C=Cc1ccc(C=Cc2ccccc2C)cc1.[2H]S[3H]. The van der Waals surface area contributed by atoms with Gasteiger partial charge in [0.2, 0.25) is 0 Å². The van der Waals surface area contributed by atoms with E-state index >= 15 is 0 Å². The summed E-state index contributed by atoms with van der Waals surface area (Å²) in [5.74, 6) is 0. The summed E-state index contributed by atoms with van der Waals surface area (Å²) < 4.78 is 11.6. The number of aryl methyl sites for hydroxylation is 2. The molecule has 0 N–H and O–H groups in total. The Morgan fingerprint density at radius 2 is 1.04 bits per heavy atom. The van der Waals surface area contributed by atoms with E-state index in [1.807, 2.05) is 0 Å². The molecule has 0 heterocycles. The molecule has 0 saturated carbocycles. The Balaban J connectivity index is 0.000000817. The minimum atomic E-state index is 0.250. The first-order chi connectivity index (χ1) is 13.1. The molecule has 0 atom stereocenters. The first-order valence-corrected chi connectivity index (χ1v) is 8.30. The van der Waals surface area contributed by atoms with Crippen molar-refractivity contribution in [3.8, 4) is 0 Å². The fourth-order valence-electron chi connectivity index (χ4n) is 2.64. The number of hydrogen-bond acceptors (Lipinski definition) is 0. The first-order valence-electron chi connectivity index (χ1n) is 9.11. The summed E-state index contributed by atoms with van der Waals surface area (Å²) >= 11 is 0.250. The maximum atomic E-state index is 5.79. The van der Waals surface area contributed by atoms with Crippen LogP contribution in [0.15, 0.2) is 72.8 Å². The molecule has 0 saturated heterocycles. The van der Waals surface area contributed by atoms with Crippen LogP contribution in [0.3, 0.4) is 0 Å². The fourth-order valence-corrected chi connectivity index (χ4v) is 2.64. The number of hydrogen-bond donors (Lipinski definition) is 0. The minimum Gasteiger partial charge on any atom is -0.197 e. The van der Waals surface area contributed by atoms with Gasteiger partial charge < -0.3 is 0 Å². The lowest BCUT2D eigenvalue weighted by Crippen LogP contribution is -1.80. The van der Waals surface area contributed by atoms with Crippen molar-refractivity contribution in [2.45, 2.75) is 13.8 Å². The molecule has 0 unspecified atom stereocenters. The second kappa shape index (κ2) is 9.10. The van der Waals surface area contributed by atoms with Crippen LogP contribution in [0, 0.1) is 13.8 Å². The quantitative estimate of drug-likeness (QED) is 0.457. The molecule has 126 valence electrons. The molecule has 3 aromatic carbocycles. The number of rotatable bonds is 4. The Kier molecular flexibility index (Phi) is 5.82. The highest BCUT2D eigenvalue weighted by Gasteiger charge is 1.94. The Hall–Kier alpha value is -2.51. The highest BCUT2D eigenvalue weighted by atomic mass is 32.1. The van der Waals surface area contributed by atoms with Crippen LogP contribution in [-0.2, 0) is 0 Å². The lowest BCUT2D eigenvalue weighted by Gasteiger charge is -2.00. The van der Waals surface area contributed by atoms with Gasteiger partial charge in [-0.3, -0.25) is 0 Å². The van der Waals surface area contributed by atoms with Crippen molar-refractivity contribution in [1.82, 2.24) is 0 Å². The summed E-state index contributed by atoms with van der Waals surface area (Å²) in [6.45, 7) is 4.28. The van der Waals surface area contributed by atoms with Gasteiger partial charge in [0.05, 0.1) is 2.25 Å². The van der Waals surface area contributed by atoms with Gasteiger partial charge in [0.1, 0.15) is 0 Å². The van der Waals surface area contributed by atoms with E-state index in [2.05, 4.69) is 111 Å². The molecule has 0 aliphatic heterocycles. The van der Waals surface area contributed by atoms with Crippen molar-refractivity contribution >= 4 is 37.6 Å².